The average Bonchev–Trinajstić information content (AvgIpc) is 2.86. The lowest BCUT2D eigenvalue weighted by molar-refractivity contribution is -0.0448. The van der Waals surface area contributed by atoms with E-state index in [1.807, 2.05) is 0 Å². The Morgan fingerprint density at radius 2 is 1.71 bits per heavy atom. The Labute approximate surface area is 104 Å². The number of nitrogens with two attached hydrogens (primary N) is 1. The molecule has 2 nitrogen and oxygen atoms in total. The summed E-state index contributed by atoms with van der Waals surface area (Å²) in [5.74, 6) is 0. The van der Waals surface area contributed by atoms with E-state index in [4.69, 9.17) is 10.5 Å². The Balaban J connectivity index is 1.92. The molecular formula is C15H23NO. The zero-order valence-electron chi connectivity index (χ0n) is 10.7. The number of hydrogen-bond donors (Lipinski definition) is 1. The first-order chi connectivity index (χ1) is 8.28. The zero-order chi connectivity index (χ0) is 12.1. The van der Waals surface area contributed by atoms with Gasteiger partial charge < -0.3 is 10.5 Å². The third-order valence-corrected chi connectivity index (χ3v) is 3.86. The lowest BCUT2D eigenvalue weighted by atomic mass is 10.0. The highest BCUT2D eigenvalue weighted by Gasteiger charge is 2.33. The van der Waals surface area contributed by atoms with Crippen LogP contribution in [-0.4, -0.2) is 12.1 Å². The van der Waals surface area contributed by atoms with Gasteiger partial charge in [0.25, 0.3) is 0 Å². The Kier molecular flexibility index (Phi) is 4.19. The molecule has 0 heterocycles. The molecule has 0 radical (unpaired) electrons. The van der Waals surface area contributed by atoms with Crippen molar-refractivity contribution in [2.75, 3.05) is 6.54 Å². The van der Waals surface area contributed by atoms with Gasteiger partial charge in [0.05, 0.1) is 12.2 Å². The summed E-state index contributed by atoms with van der Waals surface area (Å²) in [4.78, 5) is 0. The molecule has 2 heteroatoms. The van der Waals surface area contributed by atoms with Crippen LogP contribution in [0.15, 0.2) is 24.3 Å². The van der Waals surface area contributed by atoms with Crippen LogP contribution in [0.3, 0.4) is 0 Å². The van der Waals surface area contributed by atoms with Gasteiger partial charge in [-0.05, 0) is 30.4 Å². The fourth-order valence-corrected chi connectivity index (χ4v) is 2.53. The number of hydrogen-bond acceptors (Lipinski definition) is 2. The van der Waals surface area contributed by atoms with Crippen molar-refractivity contribution in [3.8, 4) is 0 Å². The molecule has 0 saturated heterocycles. The van der Waals surface area contributed by atoms with Crippen LogP contribution in [0.2, 0.25) is 0 Å². The molecule has 1 aromatic rings. The summed E-state index contributed by atoms with van der Waals surface area (Å²) >= 11 is 0. The molecule has 1 fully saturated rings. The molecule has 1 aliphatic carbocycles. The predicted molar refractivity (Wildman–Crippen MR) is 70.9 cm³/mol. The number of rotatable bonds is 5. The van der Waals surface area contributed by atoms with Gasteiger partial charge in [0.15, 0.2) is 0 Å². The first-order valence-electron chi connectivity index (χ1n) is 6.70. The maximum absolute atomic E-state index is 6.07. The first-order valence-corrected chi connectivity index (χ1v) is 6.70. The topological polar surface area (TPSA) is 35.2 Å². The van der Waals surface area contributed by atoms with E-state index in [1.54, 1.807) is 0 Å². The van der Waals surface area contributed by atoms with E-state index in [1.165, 1.54) is 24.0 Å². The standard InChI is InChI=1S/C15H23NO/c1-2-13-5-7-14(8-6-13)11-17-15(12-16)9-3-4-10-15/h5-8H,2-4,9-12,16H2,1H3. The largest absolute Gasteiger partial charge is 0.369 e. The molecule has 17 heavy (non-hydrogen) atoms. The van der Waals surface area contributed by atoms with Gasteiger partial charge in [0, 0.05) is 6.54 Å². The van der Waals surface area contributed by atoms with Gasteiger partial charge in [-0.1, -0.05) is 44.0 Å². The van der Waals surface area contributed by atoms with E-state index < -0.39 is 0 Å². The molecule has 94 valence electrons. The Bertz CT molecular complexity index is 338. The van der Waals surface area contributed by atoms with Gasteiger partial charge in [-0.3, -0.25) is 0 Å². The predicted octanol–water partition coefficient (Wildman–Crippen LogP) is 3.04. The molecular weight excluding hydrogens is 210 g/mol. The van der Waals surface area contributed by atoms with E-state index >= 15 is 0 Å². The molecule has 0 bridgehead atoms. The van der Waals surface area contributed by atoms with E-state index in [-0.39, 0.29) is 5.60 Å². The fraction of sp³-hybridized carbons (Fsp3) is 0.600. The summed E-state index contributed by atoms with van der Waals surface area (Å²) in [6.45, 7) is 3.52. The van der Waals surface area contributed by atoms with Crippen LogP contribution in [-0.2, 0) is 17.8 Å². The minimum Gasteiger partial charge on any atom is -0.369 e. The van der Waals surface area contributed by atoms with Gasteiger partial charge in [0.2, 0.25) is 0 Å². The quantitative estimate of drug-likeness (QED) is 0.848. The van der Waals surface area contributed by atoms with Crippen molar-refractivity contribution in [2.45, 2.75) is 51.2 Å². The molecule has 0 atom stereocenters. The normalized spacial score (nSPS) is 18.5. The second kappa shape index (κ2) is 5.65. The molecule has 0 spiro atoms. The minimum absolute atomic E-state index is 0.0383. The lowest BCUT2D eigenvalue weighted by Crippen LogP contribution is -2.37. The van der Waals surface area contributed by atoms with Crippen LogP contribution in [0.5, 0.6) is 0 Å². The highest BCUT2D eigenvalue weighted by atomic mass is 16.5. The second-order valence-corrected chi connectivity index (χ2v) is 5.05. The summed E-state index contributed by atoms with van der Waals surface area (Å²) in [6.07, 6.45) is 5.85. The van der Waals surface area contributed by atoms with Crippen LogP contribution < -0.4 is 5.73 Å². The fourth-order valence-electron chi connectivity index (χ4n) is 2.53. The highest BCUT2D eigenvalue weighted by molar-refractivity contribution is 5.21. The smallest absolute Gasteiger partial charge is 0.0808 e. The van der Waals surface area contributed by atoms with Crippen LogP contribution in [0.4, 0.5) is 0 Å². The van der Waals surface area contributed by atoms with Crippen LogP contribution in [0, 0.1) is 0 Å². The van der Waals surface area contributed by atoms with Crippen LogP contribution >= 0.6 is 0 Å². The van der Waals surface area contributed by atoms with Gasteiger partial charge in [-0.15, -0.1) is 0 Å². The van der Waals surface area contributed by atoms with Crippen LogP contribution in [0.1, 0.15) is 43.7 Å². The molecule has 2 N–H and O–H groups in total. The average molecular weight is 233 g/mol. The Hall–Kier alpha value is -0.860. The molecule has 2 rings (SSSR count). The Morgan fingerprint density at radius 1 is 1.12 bits per heavy atom. The molecule has 0 unspecified atom stereocenters. The third-order valence-electron chi connectivity index (χ3n) is 3.86. The van der Waals surface area contributed by atoms with Crippen molar-refractivity contribution < 1.29 is 4.74 Å². The maximum atomic E-state index is 6.07. The number of benzene rings is 1. The lowest BCUT2D eigenvalue weighted by Gasteiger charge is -2.27. The molecule has 1 aromatic carbocycles. The summed E-state index contributed by atoms with van der Waals surface area (Å²) in [6, 6.07) is 8.70. The summed E-state index contributed by atoms with van der Waals surface area (Å²) in [7, 11) is 0. The number of ether oxygens (including phenoxy) is 1. The van der Waals surface area contributed by atoms with Crippen molar-refractivity contribution in [1.82, 2.24) is 0 Å². The van der Waals surface area contributed by atoms with Crippen molar-refractivity contribution in [3.05, 3.63) is 35.4 Å². The van der Waals surface area contributed by atoms with E-state index in [0.717, 1.165) is 19.3 Å². The van der Waals surface area contributed by atoms with Crippen molar-refractivity contribution in [2.24, 2.45) is 5.73 Å². The SMILES string of the molecule is CCc1ccc(COC2(CN)CCCC2)cc1. The second-order valence-electron chi connectivity index (χ2n) is 5.05. The molecule has 1 aliphatic rings. The van der Waals surface area contributed by atoms with Crippen LogP contribution in [0.25, 0.3) is 0 Å². The molecule has 1 saturated carbocycles. The third kappa shape index (κ3) is 3.08. The van der Waals surface area contributed by atoms with E-state index in [0.29, 0.717) is 13.2 Å². The van der Waals surface area contributed by atoms with E-state index in [9.17, 15) is 0 Å². The van der Waals surface area contributed by atoms with Gasteiger partial charge in [-0.25, -0.2) is 0 Å². The first kappa shape index (κ1) is 12.6. The summed E-state index contributed by atoms with van der Waals surface area (Å²) in [5, 5.41) is 0. The van der Waals surface area contributed by atoms with Crippen molar-refractivity contribution in [3.63, 3.8) is 0 Å². The van der Waals surface area contributed by atoms with Gasteiger partial charge >= 0.3 is 0 Å². The monoisotopic (exact) mass is 233 g/mol. The summed E-state index contributed by atoms with van der Waals surface area (Å²) in [5.41, 5.74) is 8.45. The molecule has 0 aromatic heterocycles. The highest BCUT2D eigenvalue weighted by Crippen LogP contribution is 2.33. The van der Waals surface area contributed by atoms with Gasteiger partial charge in [-0.2, -0.15) is 0 Å². The maximum Gasteiger partial charge on any atom is 0.0808 e. The molecule has 0 aliphatic heterocycles. The minimum atomic E-state index is -0.0383. The summed E-state index contributed by atoms with van der Waals surface area (Å²) < 4.78 is 6.07. The number of aryl methyl sites for hydroxylation is 1. The van der Waals surface area contributed by atoms with Crippen molar-refractivity contribution >= 4 is 0 Å². The van der Waals surface area contributed by atoms with Crippen molar-refractivity contribution in [1.29, 1.82) is 0 Å². The Morgan fingerprint density at radius 3 is 2.24 bits per heavy atom. The van der Waals surface area contributed by atoms with Gasteiger partial charge in [0.1, 0.15) is 0 Å². The zero-order valence-corrected chi connectivity index (χ0v) is 10.7. The van der Waals surface area contributed by atoms with E-state index in [2.05, 4.69) is 31.2 Å². The molecule has 0 amide bonds.